The van der Waals surface area contributed by atoms with E-state index in [1.165, 1.54) is 128 Å². The molecule has 9 nitrogen and oxygen atoms in total. The molecule has 0 rings (SSSR count). The Balaban J connectivity index is 3.60. The molecule has 0 saturated carbocycles. The summed E-state index contributed by atoms with van der Waals surface area (Å²) in [6.07, 6.45) is 37.1. The molecule has 2 atom stereocenters. The average Bonchev–Trinajstić information content (AvgIpc) is 3.10. The zero-order valence-electron chi connectivity index (χ0n) is 32.4. The summed E-state index contributed by atoms with van der Waals surface area (Å²) in [7, 11) is -4.41. The van der Waals surface area contributed by atoms with Crippen LogP contribution in [0.5, 0.6) is 0 Å². The minimum atomic E-state index is -4.41. The fourth-order valence-electron chi connectivity index (χ4n) is 5.79. The molecule has 10 heteroatoms. The first-order valence-corrected chi connectivity index (χ1v) is 22.2. The minimum absolute atomic E-state index is 0.0806. The number of carbonyl (C=O) groups is 2. The normalized spacial score (nSPS) is 13.4. The highest BCUT2D eigenvalue weighted by Gasteiger charge is 2.23. The first-order valence-electron chi connectivity index (χ1n) is 20.7. The maximum Gasteiger partial charge on any atom is 0.472 e. The van der Waals surface area contributed by atoms with Gasteiger partial charge in [-0.1, -0.05) is 161 Å². The van der Waals surface area contributed by atoms with Gasteiger partial charge in [-0.25, -0.2) is 4.57 Å². The Kier molecular flexibility index (Phi) is 36.6. The van der Waals surface area contributed by atoms with Crippen LogP contribution >= 0.6 is 7.82 Å². The zero-order chi connectivity index (χ0) is 36.8. The Morgan fingerprint density at radius 2 is 1.02 bits per heavy atom. The van der Waals surface area contributed by atoms with Crippen LogP contribution in [-0.2, 0) is 27.9 Å². The smallest absolute Gasteiger partial charge is 0.463 e. The molecule has 2 unspecified atom stereocenters. The predicted molar refractivity (Wildman–Crippen MR) is 206 cm³/mol. The Hall–Kier alpha value is -1.25. The Bertz CT molecular complexity index is 840. The molecule has 0 aliphatic carbocycles. The van der Waals surface area contributed by atoms with Gasteiger partial charge in [-0.15, -0.1) is 0 Å². The third kappa shape index (κ3) is 38.0. The second-order valence-corrected chi connectivity index (χ2v) is 15.4. The van der Waals surface area contributed by atoms with Gasteiger partial charge in [0, 0.05) is 19.4 Å². The van der Waals surface area contributed by atoms with Crippen LogP contribution in [0.25, 0.3) is 0 Å². The number of carbonyl (C=O) groups excluding carboxylic acids is 2. The van der Waals surface area contributed by atoms with Gasteiger partial charge in [0.25, 0.3) is 0 Å². The van der Waals surface area contributed by atoms with Gasteiger partial charge >= 0.3 is 13.8 Å². The molecule has 0 radical (unpaired) electrons. The number of phosphoric ester groups is 1. The molecule has 0 saturated heterocycles. The van der Waals surface area contributed by atoms with Crippen LogP contribution in [-0.4, -0.2) is 54.3 Å². The summed E-state index contributed by atoms with van der Waals surface area (Å²) in [5.41, 5.74) is 0. The molecule has 0 bridgehead atoms. The zero-order valence-corrected chi connectivity index (χ0v) is 33.3. The summed E-state index contributed by atoms with van der Waals surface area (Å²) < 4.78 is 26.8. The SMILES string of the molecule is CCCCCCCC/C=C\CCCCCCCC(=O)NCCOP(=O)(O)OCC(O)COC(=O)CCCCCCCCCCCCCCCC. The van der Waals surface area contributed by atoms with E-state index < -0.39 is 26.5 Å². The number of hydrogen-bond acceptors (Lipinski definition) is 7. The number of amides is 1. The predicted octanol–water partition coefficient (Wildman–Crippen LogP) is 11.0. The maximum atomic E-state index is 12.1. The Morgan fingerprint density at radius 3 is 1.50 bits per heavy atom. The van der Waals surface area contributed by atoms with Crippen molar-refractivity contribution in [1.82, 2.24) is 5.32 Å². The number of allylic oxidation sites excluding steroid dienone is 2. The fraction of sp³-hybridized carbons (Fsp3) is 0.900. The lowest BCUT2D eigenvalue weighted by Crippen LogP contribution is -2.27. The first-order chi connectivity index (χ1) is 24.3. The number of nitrogens with one attached hydrogen (secondary N) is 1. The summed E-state index contributed by atoms with van der Waals surface area (Å²) in [6.45, 7) is 3.55. The van der Waals surface area contributed by atoms with Gasteiger partial charge in [0.05, 0.1) is 13.2 Å². The van der Waals surface area contributed by atoms with E-state index in [9.17, 15) is 24.2 Å². The number of phosphoric acid groups is 1. The van der Waals surface area contributed by atoms with Crippen LogP contribution in [0.15, 0.2) is 12.2 Å². The standard InChI is InChI=1S/C40H78NO8P/c1-3-5-7-9-11-13-15-17-19-20-22-24-26-28-30-32-39(43)41-34-35-48-50(45,46)49-37-38(42)36-47-40(44)33-31-29-27-25-23-21-18-16-14-12-10-8-6-4-2/h17,19,38,42H,3-16,18,20-37H2,1-2H3,(H,41,43)(H,45,46)/b19-17-. The molecule has 296 valence electrons. The van der Waals surface area contributed by atoms with E-state index in [1.54, 1.807) is 0 Å². The molecular weight excluding hydrogens is 653 g/mol. The van der Waals surface area contributed by atoms with Gasteiger partial charge in [0.15, 0.2) is 0 Å². The van der Waals surface area contributed by atoms with Gasteiger partial charge in [-0.05, 0) is 38.5 Å². The molecule has 0 aliphatic heterocycles. The van der Waals surface area contributed by atoms with Gasteiger partial charge in [-0.3, -0.25) is 18.6 Å². The van der Waals surface area contributed by atoms with E-state index in [0.29, 0.717) is 6.42 Å². The molecule has 0 aromatic rings. The number of ether oxygens (including phenoxy) is 1. The highest BCUT2D eigenvalue weighted by molar-refractivity contribution is 7.47. The van der Waals surface area contributed by atoms with E-state index in [1.807, 2.05) is 0 Å². The first kappa shape index (κ1) is 48.8. The van der Waals surface area contributed by atoms with Crippen molar-refractivity contribution in [2.24, 2.45) is 0 Å². The number of rotatable bonds is 39. The second-order valence-electron chi connectivity index (χ2n) is 14.0. The van der Waals surface area contributed by atoms with Gasteiger partial charge in [0.1, 0.15) is 12.7 Å². The molecule has 1 amide bonds. The van der Waals surface area contributed by atoms with Crippen molar-refractivity contribution in [1.29, 1.82) is 0 Å². The van der Waals surface area contributed by atoms with Gasteiger partial charge in [-0.2, -0.15) is 0 Å². The van der Waals surface area contributed by atoms with Crippen LogP contribution in [0.3, 0.4) is 0 Å². The lowest BCUT2D eigenvalue weighted by atomic mass is 10.0. The quantitative estimate of drug-likeness (QED) is 0.0246. The second kappa shape index (κ2) is 37.5. The molecule has 0 heterocycles. The average molecular weight is 732 g/mol. The van der Waals surface area contributed by atoms with E-state index in [0.717, 1.165) is 44.9 Å². The van der Waals surface area contributed by atoms with Crippen LogP contribution in [0, 0.1) is 0 Å². The van der Waals surface area contributed by atoms with Crippen molar-refractivity contribution < 1.29 is 37.9 Å². The van der Waals surface area contributed by atoms with E-state index in [2.05, 4.69) is 31.3 Å². The highest BCUT2D eigenvalue weighted by Crippen LogP contribution is 2.42. The summed E-state index contributed by atoms with van der Waals surface area (Å²) in [5.74, 6) is -0.518. The lowest BCUT2D eigenvalue weighted by Gasteiger charge is -2.15. The molecule has 0 fully saturated rings. The topological polar surface area (TPSA) is 131 Å². The number of esters is 1. The monoisotopic (exact) mass is 732 g/mol. The van der Waals surface area contributed by atoms with Crippen molar-refractivity contribution in [2.45, 2.75) is 206 Å². The summed E-state index contributed by atoms with van der Waals surface area (Å²) in [4.78, 5) is 33.8. The lowest BCUT2D eigenvalue weighted by molar-refractivity contribution is -0.147. The summed E-state index contributed by atoms with van der Waals surface area (Å²) in [5, 5.41) is 12.7. The molecular formula is C40H78NO8P. The van der Waals surface area contributed by atoms with Crippen LogP contribution in [0.2, 0.25) is 0 Å². The molecule has 50 heavy (non-hydrogen) atoms. The van der Waals surface area contributed by atoms with Crippen molar-refractivity contribution in [3.8, 4) is 0 Å². The van der Waals surface area contributed by atoms with E-state index in [4.69, 9.17) is 13.8 Å². The minimum Gasteiger partial charge on any atom is -0.463 e. The third-order valence-electron chi connectivity index (χ3n) is 8.95. The summed E-state index contributed by atoms with van der Waals surface area (Å²) in [6, 6.07) is 0. The summed E-state index contributed by atoms with van der Waals surface area (Å²) >= 11 is 0. The Morgan fingerprint density at radius 1 is 0.600 bits per heavy atom. The third-order valence-corrected chi connectivity index (χ3v) is 9.93. The van der Waals surface area contributed by atoms with Crippen LogP contribution in [0.1, 0.15) is 200 Å². The maximum absolute atomic E-state index is 12.1. The fourth-order valence-corrected chi connectivity index (χ4v) is 6.54. The number of hydrogen-bond donors (Lipinski definition) is 3. The molecule has 0 aliphatic rings. The van der Waals surface area contributed by atoms with Crippen molar-refractivity contribution in [3.05, 3.63) is 12.2 Å². The molecule has 3 N–H and O–H groups in total. The van der Waals surface area contributed by atoms with E-state index in [-0.39, 0.29) is 32.1 Å². The molecule has 0 aromatic heterocycles. The van der Waals surface area contributed by atoms with Crippen LogP contribution in [0.4, 0.5) is 0 Å². The van der Waals surface area contributed by atoms with Crippen molar-refractivity contribution in [2.75, 3.05) is 26.4 Å². The van der Waals surface area contributed by atoms with Crippen molar-refractivity contribution in [3.63, 3.8) is 0 Å². The highest BCUT2D eigenvalue weighted by atomic mass is 31.2. The van der Waals surface area contributed by atoms with Gasteiger partial charge in [0.2, 0.25) is 5.91 Å². The van der Waals surface area contributed by atoms with Crippen molar-refractivity contribution >= 4 is 19.7 Å². The number of unbranched alkanes of at least 4 members (excludes halogenated alkanes) is 24. The molecule has 0 spiro atoms. The largest absolute Gasteiger partial charge is 0.472 e. The number of aliphatic hydroxyl groups excluding tert-OH is 1. The van der Waals surface area contributed by atoms with Crippen LogP contribution < -0.4 is 5.32 Å². The molecule has 0 aromatic carbocycles. The van der Waals surface area contributed by atoms with Gasteiger partial charge < -0.3 is 20.1 Å². The number of aliphatic hydroxyl groups is 1. The van der Waals surface area contributed by atoms with E-state index >= 15 is 0 Å². The Labute approximate surface area is 307 Å².